The summed E-state index contributed by atoms with van der Waals surface area (Å²) in [5.41, 5.74) is 0. The van der Waals surface area contributed by atoms with E-state index in [1.807, 2.05) is 0 Å². The molecule has 170 valence electrons. The quantitative estimate of drug-likeness (QED) is 0.248. The van der Waals surface area contributed by atoms with Gasteiger partial charge in [0.15, 0.2) is 0 Å². The molecule has 0 saturated heterocycles. The summed E-state index contributed by atoms with van der Waals surface area (Å²) in [6.07, 6.45) is 8.75. The van der Waals surface area contributed by atoms with Gasteiger partial charge in [0.05, 0.1) is 13.2 Å². The lowest BCUT2D eigenvalue weighted by Gasteiger charge is -2.28. The number of rotatable bonds is 13. The van der Waals surface area contributed by atoms with Gasteiger partial charge >= 0.3 is 12.3 Å². The average molecular weight is 415 g/mol. The molecule has 6 heteroatoms. The molecule has 1 saturated carbocycles. The van der Waals surface area contributed by atoms with Gasteiger partial charge in [0.2, 0.25) is 0 Å². The van der Waals surface area contributed by atoms with Gasteiger partial charge in [0.1, 0.15) is 12.2 Å². The Kier molecular flexibility index (Phi) is 13.6. The van der Waals surface area contributed by atoms with Crippen LogP contribution in [0.3, 0.4) is 0 Å². The smallest absolute Gasteiger partial charge is 0.434 e. The molecule has 0 aliphatic heterocycles. The maximum atomic E-state index is 12.1. The molecule has 3 unspecified atom stereocenters. The van der Waals surface area contributed by atoms with E-state index in [2.05, 4.69) is 27.7 Å². The lowest BCUT2D eigenvalue weighted by atomic mass is 9.95. The second-order valence-electron chi connectivity index (χ2n) is 8.64. The van der Waals surface area contributed by atoms with Gasteiger partial charge < -0.3 is 18.9 Å². The standard InChI is InChI=1S/C23H42O6/c1-5-7-8-11-19(10-6-2)17-27-23(25)29-21-13-9-12-20(16-21)28-22(24)26-15-14-18(3)4/h18-21H,5-17H2,1-4H3. The van der Waals surface area contributed by atoms with Gasteiger partial charge in [-0.05, 0) is 50.4 Å². The number of hydrogen-bond donors (Lipinski definition) is 0. The lowest BCUT2D eigenvalue weighted by molar-refractivity contribution is -0.0378. The molecule has 1 rings (SSSR count). The van der Waals surface area contributed by atoms with Crippen molar-refractivity contribution >= 4 is 12.3 Å². The van der Waals surface area contributed by atoms with Crippen LogP contribution in [0.25, 0.3) is 0 Å². The fourth-order valence-corrected chi connectivity index (χ4v) is 3.62. The monoisotopic (exact) mass is 414 g/mol. The van der Waals surface area contributed by atoms with Crippen molar-refractivity contribution in [1.29, 1.82) is 0 Å². The summed E-state index contributed by atoms with van der Waals surface area (Å²) in [6.45, 7) is 9.28. The summed E-state index contributed by atoms with van der Waals surface area (Å²) >= 11 is 0. The predicted molar refractivity (Wildman–Crippen MR) is 113 cm³/mol. The van der Waals surface area contributed by atoms with Crippen molar-refractivity contribution in [2.24, 2.45) is 11.8 Å². The Labute approximate surface area is 177 Å². The Bertz CT molecular complexity index is 451. The minimum atomic E-state index is -0.631. The van der Waals surface area contributed by atoms with Crippen molar-refractivity contribution < 1.29 is 28.5 Å². The highest BCUT2D eigenvalue weighted by atomic mass is 16.7. The zero-order valence-electron chi connectivity index (χ0n) is 19.0. The molecule has 0 N–H and O–H groups in total. The first-order valence-corrected chi connectivity index (χ1v) is 11.6. The summed E-state index contributed by atoms with van der Waals surface area (Å²) < 4.78 is 21.3. The summed E-state index contributed by atoms with van der Waals surface area (Å²) in [7, 11) is 0. The van der Waals surface area contributed by atoms with Crippen molar-refractivity contribution in [2.45, 2.75) is 111 Å². The third kappa shape index (κ3) is 12.7. The third-order valence-corrected chi connectivity index (χ3v) is 5.37. The number of carbonyl (C=O) groups excluding carboxylic acids is 2. The van der Waals surface area contributed by atoms with E-state index in [0.29, 0.717) is 31.5 Å². The number of carbonyl (C=O) groups is 2. The van der Waals surface area contributed by atoms with Gasteiger partial charge in [0.25, 0.3) is 0 Å². The number of unbranched alkanes of at least 4 members (excludes halogenated alkanes) is 2. The molecule has 0 radical (unpaired) electrons. The van der Waals surface area contributed by atoms with E-state index in [9.17, 15) is 9.59 Å². The minimum Gasteiger partial charge on any atom is -0.434 e. The van der Waals surface area contributed by atoms with Crippen LogP contribution in [0.4, 0.5) is 9.59 Å². The Morgan fingerprint density at radius 3 is 2.10 bits per heavy atom. The topological polar surface area (TPSA) is 71.1 Å². The highest BCUT2D eigenvalue weighted by Crippen LogP contribution is 2.25. The Morgan fingerprint density at radius 2 is 1.52 bits per heavy atom. The molecular weight excluding hydrogens is 372 g/mol. The number of hydrogen-bond acceptors (Lipinski definition) is 6. The zero-order chi connectivity index (χ0) is 21.5. The van der Waals surface area contributed by atoms with Crippen molar-refractivity contribution in [1.82, 2.24) is 0 Å². The van der Waals surface area contributed by atoms with Crippen molar-refractivity contribution in [3.8, 4) is 0 Å². The van der Waals surface area contributed by atoms with Crippen LogP contribution in [0, 0.1) is 11.8 Å². The molecule has 0 bridgehead atoms. The molecule has 3 atom stereocenters. The molecule has 0 amide bonds. The molecule has 6 nitrogen and oxygen atoms in total. The molecule has 1 aliphatic rings. The van der Waals surface area contributed by atoms with Gasteiger partial charge in [-0.25, -0.2) is 9.59 Å². The van der Waals surface area contributed by atoms with Crippen molar-refractivity contribution in [3.63, 3.8) is 0 Å². The highest BCUT2D eigenvalue weighted by Gasteiger charge is 2.28. The van der Waals surface area contributed by atoms with E-state index in [1.54, 1.807) is 0 Å². The fourth-order valence-electron chi connectivity index (χ4n) is 3.62. The SMILES string of the molecule is CCCCCC(CCC)COC(=O)OC1CCCC(OC(=O)OCCC(C)C)C1. The van der Waals surface area contributed by atoms with E-state index >= 15 is 0 Å². The van der Waals surface area contributed by atoms with Crippen LogP contribution >= 0.6 is 0 Å². The molecule has 0 aromatic rings. The molecule has 0 aromatic carbocycles. The normalized spacial score (nSPS) is 20.2. The highest BCUT2D eigenvalue weighted by molar-refractivity contribution is 5.60. The first kappa shape index (κ1) is 25.6. The maximum Gasteiger partial charge on any atom is 0.508 e. The maximum absolute atomic E-state index is 12.1. The molecular formula is C23H42O6. The van der Waals surface area contributed by atoms with Crippen LogP contribution in [0.15, 0.2) is 0 Å². The summed E-state index contributed by atoms with van der Waals surface area (Å²) in [6, 6.07) is 0. The van der Waals surface area contributed by atoms with Crippen molar-refractivity contribution in [3.05, 3.63) is 0 Å². The van der Waals surface area contributed by atoms with E-state index in [1.165, 1.54) is 19.3 Å². The van der Waals surface area contributed by atoms with Gasteiger partial charge in [-0.2, -0.15) is 0 Å². The first-order chi connectivity index (χ1) is 13.9. The largest absolute Gasteiger partial charge is 0.508 e. The average Bonchev–Trinajstić information content (AvgIpc) is 2.66. The van der Waals surface area contributed by atoms with Gasteiger partial charge in [-0.3, -0.25) is 0 Å². The second-order valence-corrected chi connectivity index (χ2v) is 8.64. The minimum absolute atomic E-state index is 0.269. The Balaban J connectivity index is 2.29. The van der Waals surface area contributed by atoms with Gasteiger partial charge in [-0.15, -0.1) is 0 Å². The molecule has 0 heterocycles. The van der Waals surface area contributed by atoms with Gasteiger partial charge in [0, 0.05) is 6.42 Å². The predicted octanol–water partition coefficient (Wildman–Crippen LogP) is 6.65. The summed E-state index contributed by atoms with van der Waals surface area (Å²) in [5.74, 6) is 0.881. The van der Waals surface area contributed by atoms with Crippen LogP contribution in [0.1, 0.15) is 98.3 Å². The molecule has 0 spiro atoms. The second kappa shape index (κ2) is 15.4. The van der Waals surface area contributed by atoms with E-state index in [4.69, 9.17) is 18.9 Å². The van der Waals surface area contributed by atoms with E-state index < -0.39 is 12.3 Å². The summed E-state index contributed by atoms with van der Waals surface area (Å²) in [4.78, 5) is 23.9. The van der Waals surface area contributed by atoms with Crippen LogP contribution in [-0.4, -0.2) is 37.7 Å². The lowest BCUT2D eigenvalue weighted by Crippen LogP contribution is -2.32. The molecule has 29 heavy (non-hydrogen) atoms. The summed E-state index contributed by atoms with van der Waals surface area (Å²) in [5, 5.41) is 0. The fraction of sp³-hybridized carbons (Fsp3) is 0.913. The van der Waals surface area contributed by atoms with Crippen LogP contribution in [0.5, 0.6) is 0 Å². The van der Waals surface area contributed by atoms with Crippen LogP contribution in [0.2, 0.25) is 0 Å². The molecule has 1 fully saturated rings. The van der Waals surface area contributed by atoms with E-state index in [0.717, 1.165) is 44.9 Å². The van der Waals surface area contributed by atoms with E-state index in [-0.39, 0.29) is 12.2 Å². The zero-order valence-corrected chi connectivity index (χ0v) is 19.0. The first-order valence-electron chi connectivity index (χ1n) is 11.6. The molecule has 0 aromatic heterocycles. The van der Waals surface area contributed by atoms with Gasteiger partial charge in [-0.1, -0.05) is 53.4 Å². The third-order valence-electron chi connectivity index (χ3n) is 5.37. The van der Waals surface area contributed by atoms with Crippen molar-refractivity contribution in [2.75, 3.05) is 13.2 Å². The Morgan fingerprint density at radius 1 is 0.862 bits per heavy atom. The number of ether oxygens (including phenoxy) is 4. The van der Waals surface area contributed by atoms with Crippen LogP contribution in [-0.2, 0) is 18.9 Å². The van der Waals surface area contributed by atoms with Crippen LogP contribution < -0.4 is 0 Å². The molecule has 1 aliphatic carbocycles. The Hall–Kier alpha value is -1.46.